The second-order valence-corrected chi connectivity index (χ2v) is 10.6. The van der Waals surface area contributed by atoms with Gasteiger partial charge in [-0.3, -0.25) is 9.59 Å². The minimum atomic E-state index is -3.51. The van der Waals surface area contributed by atoms with Crippen LogP contribution in [-0.4, -0.2) is 32.3 Å². The van der Waals surface area contributed by atoms with Gasteiger partial charge < -0.3 is 10.6 Å². The van der Waals surface area contributed by atoms with Crippen molar-refractivity contribution in [3.8, 4) is 0 Å². The largest absolute Gasteiger partial charge is 0.350 e. The van der Waals surface area contributed by atoms with Gasteiger partial charge in [-0.1, -0.05) is 56.1 Å². The molecule has 0 radical (unpaired) electrons. The number of benzene rings is 2. The third kappa shape index (κ3) is 8.46. The number of rotatable bonds is 11. The van der Waals surface area contributed by atoms with Crippen molar-refractivity contribution in [1.29, 1.82) is 0 Å². The molecule has 2 aromatic carbocycles. The third-order valence-electron chi connectivity index (χ3n) is 5.22. The van der Waals surface area contributed by atoms with Crippen molar-refractivity contribution in [3.05, 3.63) is 70.2 Å². The van der Waals surface area contributed by atoms with E-state index in [9.17, 15) is 18.0 Å². The molecular formula is C24H32ClN3O4S. The van der Waals surface area contributed by atoms with E-state index < -0.39 is 16.1 Å². The van der Waals surface area contributed by atoms with E-state index in [-0.39, 0.29) is 36.1 Å². The van der Waals surface area contributed by atoms with Gasteiger partial charge in [-0.25, -0.2) is 13.1 Å². The molecular weight excluding hydrogens is 462 g/mol. The Balaban J connectivity index is 2.11. The lowest BCUT2D eigenvalue weighted by atomic mass is 9.97. The van der Waals surface area contributed by atoms with Crippen LogP contribution in [-0.2, 0) is 27.1 Å². The fourth-order valence-electron chi connectivity index (χ4n) is 3.30. The Hall–Kier alpha value is -2.42. The number of hydrogen-bond acceptors (Lipinski definition) is 4. The zero-order chi connectivity index (χ0) is 24.6. The number of nitrogens with one attached hydrogen (secondary N) is 3. The number of amides is 2. The first kappa shape index (κ1) is 26.8. The Morgan fingerprint density at radius 1 is 0.970 bits per heavy atom. The van der Waals surface area contributed by atoms with Crippen molar-refractivity contribution in [3.63, 3.8) is 0 Å². The molecule has 0 aliphatic carbocycles. The van der Waals surface area contributed by atoms with Crippen LogP contribution in [0, 0.1) is 5.92 Å². The maximum absolute atomic E-state index is 13.0. The van der Waals surface area contributed by atoms with Crippen LogP contribution in [0.1, 0.15) is 55.6 Å². The van der Waals surface area contributed by atoms with Gasteiger partial charge in [0.15, 0.2) is 0 Å². The number of carbonyl (C=O) groups excluding carboxylic acids is 2. The minimum absolute atomic E-state index is 0.105. The van der Waals surface area contributed by atoms with Gasteiger partial charge >= 0.3 is 0 Å². The summed E-state index contributed by atoms with van der Waals surface area (Å²) in [4.78, 5) is 25.7. The van der Waals surface area contributed by atoms with Crippen LogP contribution in [0.5, 0.6) is 0 Å². The van der Waals surface area contributed by atoms with Gasteiger partial charge in [-0.05, 0) is 55.2 Å². The van der Waals surface area contributed by atoms with Crippen molar-refractivity contribution in [2.45, 2.75) is 58.5 Å². The summed E-state index contributed by atoms with van der Waals surface area (Å²) in [6, 6.07) is 12.6. The van der Waals surface area contributed by atoms with Crippen LogP contribution in [0.2, 0.25) is 5.02 Å². The molecule has 2 atom stereocenters. The fraction of sp³-hybridized carbons (Fsp3) is 0.417. The average molecular weight is 494 g/mol. The van der Waals surface area contributed by atoms with Gasteiger partial charge in [-0.2, -0.15) is 0 Å². The first-order chi connectivity index (χ1) is 15.5. The predicted octanol–water partition coefficient (Wildman–Crippen LogP) is 3.63. The van der Waals surface area contributed by atoms with Crippen LogP contribution in [0.15, 0.2) is 48.5 Å². The molecule has 0 saturated heterocycles. The molecule has 2 amide bonds. The number of hydrogen-bond donors (Lipinski definition) is 3. The van der Waals surface area contributed by atoms with Crippen LogP contribution >= 0.6 is 11.6 Å². The van der Waals surface area contributed by atoms with Crippen molar-refractivity contribution >= 4 is 33.4 Å². The normalized spacial score (nSPS) is 13.4. The maximum atomic E-state index is 13.0. The molecule has 2 rings (SSSR count). The summed E-state index contributed by atoms with van der Waals surface area (Å²) in [5.74, 6) is -0.977. The molecule has 0 unspecified atom stereocenters. The lowest BCUT2D eigenvalue weighted by Crippen LogP contribution is -2.50. The molecule has 9 heteroatoms. The highest BCUT2D eigenvalue weighted by atomic mass is 35.5. The highest BCUT2D eigenvalue weighted by Gasteiger charge is 2.26. The standard InChI is InChI=1S/C24H32ClN3O4S/c1-5-17(4)22(27-23(29)18-10-12-21(25)13-11-18)24(30)26-14-19-8-6-7-9-20(19)15-33(31,32)28-16(2)3/h6-13,16-17,22,28H,5,14-15H2,1-4H3,(H,26,30)(H,27,29)/t17-,22-/m0/s1. The zero-order valence-corrected chi connectivity index (χ0v) is 21.0. The van der Waals surface area contributed by atoms with Gasteiger partial charge in [-0.15, -0.1) is 0 Å². The van der Waals surface area contributed by atoms with Gasteiger partial charge in [0.1, 0.15) is 6.04 Å². The lowest BCUT2D eigenvalue weighted by molar-refractivity contribution is -0.124. The molecule has 180 valence electrons. The molecule has 0 fully saturated rings. The third-order valence-corrected chi connectivity index (χ3v) is 6.99. The van der Waals surface area contributed by atoms with E-state index in [2.05, 4.69) is 15.4 Å². The van der Waals surface area contributed by atoms with Crippen LogP contribution in [0.4, 0.5) is 0 Å². The van der Waals surface area contributed by atoms with E-state index in [1.54, 1.807) is 62.4 Å². The summed E-state index contributed by atoms with van der Waals surface area (Å²) < 4.78 is 27.3. The topological polar surface area (TPSA) is 104 Å². The smallest absolute Gasteiger partial charge is 0.251 e. The Labute approximate surface area is 201 Å². The summed E-state index contributed by atoms with van der Waals surface area (Å²) in [6.07, 6.45) is 0.689. The Bertz CT molecular complexity index is 1060. The van der Waals surface area contributed by atoms with E-state index in [1.807, 2.05) is 13.8 Å². The van der Waals surface area contributed by atoms with Gasteiger partial charge in [0.25, 0.3) is 5.91 Å². The van der Waals surface area contributed by atoms with E-state index in [0.717, 1.165) is 0 Å². The summed E-state index contributed by atoms with van der Waals surface area (Å²) >= 11 is 5.88. The quantitative estimate of drug-likeness (QED) is 0.444. The SMILES string of the molecule is CC[C@H](C)[C@H](NC(=O)c1ccc(Cl)cc1)C(=O)NCc1ccccc1CS(=O)(=O)NC(C)C. The molecule has 0 aliphatic rings. The molecule has 0 spiro atoms. The van der Waals surface area contributed by atoms with Crippen molar-refractivity contribution in [2.75, 3.05) is 0 Å². The zero-order valence-electron chi connectivity index (χ0n) is 19.4. The van der Waals surface area contributed by atoms with E-state index in [1.165, 1.54) is 0 Å². The molecule has 0 bridgehead atoms. The van der Waals surface area contributed by atoms with E-state index >= 15 is 0 Å². The second kappa shape index (κ2) is 12.2. The fourth-order valence-corrected chi connectivity index (χ4v) is 4.91. The van der Waals surface area contributed by atoms with Crippen molar-refractivity contribution < 1.29 is 18.0 Å². The number of carbonyl (C=O) groups is 2. The molecule has 0 saturated carbocycles. The predicted molar refractivity (Wildman–Crippen MR) is 131 cm³/mol. The minimum Gasteiger partial charge on any atom is -0.350 e. The molecule has 3 N–H and O–H groups in total. The lowest BCUT2D eigenvalue weighted by Gasteiger charge is -2.24. The highest BCUT2D eigenvalue weighted by Crippen LogP contribution is 2.15. The van der Waals surface area contributed by atoms with Crippen LogP contribution in [0.3, 0.4) is 0 Å². The summed E-state index contributed by atoms with van der Waals surface area (Å²) in [5, 5.41) is 6.19. The summed E-state index contributed by atoms with van der Waals surface area (Å²) in [6.45, 7) is 7.51. The molecule has 0 aromatic heterocycles. The maximum Gasteiger partial charge on any atom is 0.251 e. The van der Waals surface area contributed by atoms with Crippen molar-refractivity contribution in [2.24, 2.45) is 5.92 Å². The average Bonchev–Trinajstić information content (AvgIpc) is 2.75. The first-order valence-corrected chi connectivity index (χ1v) is 13.0. The monoisotopic (exact) mass is 493 g/mol. The van der Waals surface area contributed by atoms with Crippen LogP contribution < -0.4 is 15.4 Å². The van der Waals surface area contributed by atoms with Gasteiger partial charge in [0.05, 0.1) is 5.75 Å². The molecule has 2 aromatic rings. The molecule has 33 heavy (non-hydrogen) atoms. The first-order valence-electron chi connectivity index (χ1n) is 10.9. The van der Waals surface area contributed by atoms with Gasteiger partial charge in [0, 0.05) is 23.2 Å². The number of sulfonamides is 1. The molecule has 7 nitrogen and oxygen atoms in total. The van der Waals surface area contributed by atoms with Crippen LogP contribution in [0.25, 0.3) is 0 Å². The van der Waals surface area contributed by atoms with Gasteiger partial charge in [0.2, 0.25) is 15.9 Å². The van der Waals surface area contributed by atoms with Crippen molar-refractivity contribution in [1.82, 2.24) is 15.4 Å². The Morgan fingerprint density at radius 2 is 1.58 bits per heavy atom. The second-order valence-electron chi connectivity index (χ2n) is 8.36. The highest BCUT2D eigenvalue weighted by molar-refractivity contribution is 7.88. The summed E-state index contributed by atoms with van der Waals surface area (Å²) in [7, 11) is -3.51. The number of halogens is 1. The van der Waals surface area contributed by atoms with E-state index in [0.29, 0.717) is 28.1 Å². The Kier molecular flexibility index (Phi) is 9.88. The molecule has 0 aliphatic heterocycles. The van der Waals surface area contributed by atoms with E-state index in [4.69, 9.17) is 11.6 Å². The Morgan fingerprint density at radius 3 is 2.15 bits per heavy atom. The molecule has 0 heterocycles. The summed E-state index contributed by atoms with van der Waals surface area (Å²) in [5.41, 5.74) is 1.72.